The summed E-state index contributed by atoms with van der Waals surface area (Å²) in [4.78, 5) is 53.2. The van der Waals surface area contributed by atoms with E-state index in [4.69, 9.17) is 32.7 Å². The van der Waals surface area contributed by atoms with Gasteiger partial charge in [0.2, 0.25) is 11.8 Å². The molecule has 43 heavy (non-hydrogen) atoms. The number of carbonyl (C=O) groups excluding carboxylic acids is 4. The Kier molecular flexibility index (Phi) is 14.1. The third-order valence-corrected chi connectivity index (χ3v) is 8.17. The third-order valence-electron chi connectivity index (χ3n) is 7.69. The summed E-state index contributed by atoms with van der Waals surface area (Å²) in [5, 5.41) is 6.58. The molecule has 0 spiro atoms. The van der Waals surface area contributed by atoms with Gasteiger partial charge in [0.05, 0.1) is 7.11 Å². The number of ether oxygens (including phenoxy) is 2. The van der Waals surface area contributed by atoms with E-state index in [2.05, 4.69) is 10.6 Å². The summed E-state index contributed by atoms with van der Waals surface area (Å²) in [5.74, 6) is -1.10. The van der Waals surface area contributed by atoms with Gasteiger partial charge in [-0.15, -0.1) is 0 Å². The summed E-state index contributed by atoms with van der Waals surface area (Å²) in [7, 11) is 2.93. The second kappa shape index (κ2) is 17.7. The topological polar surface area (TPSA) is 114 Å². The molecule has 2 aromatic carbocycles. The molecule has 2 aromatic rings. The van der Waals surface area contributed by atoms with Gasteiger partial charge in [0, 0.05) is 30.1 Å². The maximum absolute atomic E-state index is 13.5. The van der Waals surface area contributed by atoms with Gasteiger partial charge in [0.15, 0.2) is 0 Å². The summed E-state index contributed by atoms with van der Waals surface area (Å²) in [6.07, 6.45) is 5.60. The van der Waals surface area contributed by atoms with Gasteiger partial charge in [-0.25, -0.2) is 9.59 Å². The number of nitrogens with one attached hydrogen (secondary N) is 2. The van der Waals surface area contributed by atoms with Crippen LogP contribution in [0.1, 0.15) is 62.5 Å². The predicted molar refractivity (Wildman–Crippen MR) is 166 cm³/mol. The average Bonchev–Trinajstić information content (AvgIpc) is 3.01. The summed E-state index contributed by atoms with van der Waals surface area (Å²) < 4.78 is 10.3. The van der Waals surface area contributed by atoms with E-state index < -0.39 is 30.1 Å². The van der Waals surface area contributed by atoms with Crippen LogP contribution in [0.15, 0.2) is 48.5 Å². The first kappa shape index (κ1) is 34.2. The van der Waals surface area contributed by atoms with Crippen LogP contribution in [-0.2, 0) is 36.9 Å². The molecule has 1 aliphatic carbocycles. The van der Waals surface area contributed by atoms with Crippen molar-refractivity contribution in [3.05, 3.63) is 69.7 Å². The van der Waals surface area contributed by atoms with E-state index in [0.717, 1.165) is 37.7 Å². The van der Waals surface area contributed by atoms with Crippen molar-refractivity contribution in [2.45, 2.75) is 76.5 Å². The van der Waals surface area contributed by atoms with E-state index in [1.807, 2.05) is 12.1 Å². The van der Waals surface area contributed by atoms with E-state index in [0.29, 0.717) is 35.0 Å². The number of esters is 1. The first-order valence-electron chi connectivity index (χ1n) is 14.7. The zero-order chi connectivity index (χ0) is 31.2. The largest absolute Gasteiger partial charge is 0.467 e. The third kappa shape index (κ3) is 12.1. The van der Waals surface area contributed by atoms with E-state index >= 15 is 0 Å². The van der Waals surface area contributed by atoms with Crippen LogP contribution in [0.3, 0.4) is 0 Å². The van der Waals surface area contributed by atoms with Gasteiger partial charge in [-0.2, -0.15) is 0 Å². The number of halogens is 2. The maximum Gasteiger partial charge on any atom is 0.408 e. The molecule has 0 aromatic heterocycles. The molecule has 9 nitrogen and oxygen atoms in total. The fourth-order valence-corrected chi connectivity index (χ4v) is 5.48. The number of likely N-dealkylation sites (N-methyl/N-ethyl adjacent to an activating group) is 1. The number of alkyl carbamates (subject to hydrolysis) is 1. The van der Waals surface area contributed by atoms with Crippen molar-refractivity contribution in [3.63, 3.8) is 0 Å². The molecule has 234 valence electrons. The highest BCUT2D eigenvalue weighted by atomic mass is 35.5. The van der Waals surface area contributed by atoms with Crippen molar-refractivity contribution in [2.75, 3.05) is 20.7 Å². The fourth-order valence-electron chi connectivity index (χ4n) is 5.14. The van der Waals surface area contributed by atoms with Crippen molar-refractivity contribution in [3.8, 4) is 0 Å². The van der Waals surface area contributed by atoms with Gasteiger partial charge < -0.3 is 25.0 Å². The van der Waals surface area contributed by atoms with Crippen molar-refractivity contribution in [2.24, 2.45) is 5.92 Å². The van der Waals surface area contributed by atoms with Crippen LogP contribution in [0.4, 0.5) is 4.79 Å². The second-order valence-electron chi connectivity index (χ2n) is 11.0. The molecular weight excluding hydrogens is 593 g/mol. The first-order valence-corrected chi connectivity index (χ1v) is 15.4. The lowest BCUT2D eigenvalue weighted by molar-refractivity contribution is -0.145. The van der Waals surface area contributed by atoms with Gasteiger partial charge in [0.25, 0.3) is 0 Å². The Labute approximate surface area is 263 Å². The number of benzene rings is 2. The number of amides is 3. The van der Waals surface area contributed by atoms with E-state index in [1.54, 1.807) is 48.3 Å². The van der Waals surface area contributed by atoms with Crippen LogP contribution in [0.5, 0.6) is 0 Å². The molecule has 2 atom stereocenters. The molecule has 1 saturated carbocycles. The minimum Gasteiger partial charge on any atom is -0.467 e. The summed E-state index contributed by atoms with van der Waals surface area (Å²) in [6.45, 7) is 0.475. The van der Waals surface area contributed by atoms with E-state index in [1.165, 1.54) is 7.11 Å². The predicted octanol–water partition coefficient (Wildman–Crippen LogP) is 5.70. The molecule has 0 unspecified atom stereocenters. The second-order valence-corrected chi connectivity index (χ2v) is 11.8. The standard InChI is InChI=1S/C32H41Cl2N3O6/c1-37(18-17-22-11-13-25(33)14-12-22)29(38)16-15-27(31(40)42-2)35-30(39)28(20-23-7-4-3-5-8-23)36-32(41)43-21-24-9-6-10-26(34)19-24/h6,9-14,19,23,27-28H,3-5,7-8,15-18,20-21H2,1-2H3,(H,35,39)(H,36,41)/t27-,28-/m0/s1. The number of nitrogens with zero attached hydrogens (tertiary/aromatic N) is 1. The first-order chi connectivity index (χ1) is 20.6. The molecule has 1 aliphatic rings. The molecule has 0 radical (unpaired) electrons. The highest BCUT2D eigenvalue weighted by Crippen LogP contribution is 2.27. The van der Waals surface area contributed by atoms with Crippen molar-refractivity contribution < 1.29 is 28.7 Å². The molecule has 0 aliphatic heterocycles. The Balaban J connectivity index is 1.58. The van der Waals surface area contributed by atoms with Crippen LogP contribution in [0.25, 0.3) is 0 Å². The number of hydrogen-bond donors (Lipinski definition) is 2. The van der Waals surface area contributed by atoms with E-state index in [9.17, 15) is 19.2 Å². The number of carbonyl (C=O) groups is 4. The summed E-state index contributed by atoms with van der Waals surface area (Å²) in [6, 6.07) is 12.4. The Morgan fingerprint density at radius 1 is 0.930 bits per heavy atom. The molecular formula is C32H41Cl2N3O6. The zero-order valence-corrected chi connectivity index (χ0v) is 26.3. The van der Waals surface area contributed by atoms with E-state index in [-0.39, 0.29) is 31.3 Å². The molecule has 0 bridgehead atoms. The number of rotatable bonds is 14. The molecule has 11 heteroatoms. The van der Waals surface area contributed by atoms with Crippen LogP contribution in [-0.4, -0.2) is 61.6 Å². The van der Waals surface area contributed by atoms with Crippen LogP contribution >= 0.6 is 23.2 Å². The van der Waals surface area contributed by atoms with Crippen LogP contribution in [0.2, 0.25) is 10.0 Å². The Morgan fingerprint density at radius 2 is 1.65 bits per heavy atom. The lowest BCUT2D eigenvalue weighted by atomic mass is 9.84. The molecule has 0 saturated heterocycles. The monoisotopic (exact) mass is 633 g/mol. The van der Waals surface area contributed by atoms with Crippen molar-refractivity contribution in [1.29, 1.82) is 0 Å². The van der Waals surface area contributed by atoms with Crippen molar-refractivity contribution in [1.82, 2.24) is 15.5 Å². The summed E-state index contributed by atoms with van der Waals surface area (Å²) >= 11 is 12.0. The number of methoxy groups -OCH3 is 1. The molecule has 1 fully saturated rings. The zero-order valence-electron chi connectivity index (χ0n) is 24.8. The molecule has 3 rings (SSSR count). The smallest absolute Gasteiger partial charge is 0.408 e. The van der Waals surface area contributed by atoms with Gasteiger partial charge in [-0.1, -0.05) is 79.6 Å². The highest BCUT2D eigenvalue weighted by molar-refractivity contribution is 6.30. The lowest BCUT2D eigenvalue weighted by Crippen LogP contribution is -2.52. The van der Waals surface area contributed by atoms with Gasteiger partial charge >= 0.3 is 12.1 Å². The molecule has 2 N–H and O–H groups in total. The number of hydrogen-bond acceptors (Lipinski definition) is 6. The van der Waals surface area contributed by atoms with Crippen molar-refractivity contribution >= 4 is 47.1 Å². The average molecular weight is 635 g/mol. The SMILES string of the molecule is COC(=O)[C@H](CCC(=O)N(C)CCc1ccc(Cl)cc1)NC(=O)[C@H](CC1CCCCC1)NC(=O)OCc1cccc(Cl)c1. The summed E-state index contributed by atoms with van der Waals surface area (Å²) in [5.41, 5.74) is 1.76. The minimum absolute atomic E-state index is 0.0113. The maximum atomic E-state index is 13.5. The Morgan fingerprint density at radius 3 is 2.33 bits per heavy atom. The Bertz CT molecular complexity index is 1220. The van der Waals surface area contributed by atoms with Gasteiger partial charge in [-0.05, 0) is 60.6 Å². The molecule has 0 heterocycles. The lowest BCUT2D eigenvalue weighted by Gasteiger charge is -2.27. The fraction of sp³-hybridized carbons (Fsp3) is 0.500. The van der Waals surface area contributed by atoms with Gasteiger partial charge in [0.1, 0.15) is 18.7 Å². The quantitative estimate of drug-likeness (QED) is 0.258. The van der Waals surface area contributed by atoms with Crippen LogP contribution in [0, 0.1) is 5.92 Å². The Hall–Kier alpha value is -3.30. The highest BCUT2D eigenvalue weighted by Gasteiger charge is 2.31. The molecule has 3 amide bonds. The van der Waals surface area contributed by atoms with Crippen LogP contribution < -0.4 is 10.6 Å². The normalized spacial score (nSPS) is 14.7. The minimum atomic E-state index is -1.05. The van der Waals surface area contributed by atoms with Gasteiger partial charge in [-0.3, -0.25) is 9.59 Å².